The van der Waals surface area contributed by atoms with E-state index in [1.54, 1.807) is 0 Å². The fourth-order valence-corrected chi connectivity index (χ4v) is 2.78. The zero-order chi connectivity index (χ0) is 13.7. The Hall–Kier alpha value is -1.29. The number of carbonyl (C=O) groups is 1. The SMILES string of the molecule is CN(C(=O)CCCc1ccc[nH]1)C1CCC(O)CC1. The highest BCUT2D eigenvalue weighted by molar-refractivity contribution is 5.76. The van der Waals surface area contributed by atoms with E-state index in [1.807, 2.05) is 24.2 Å². The van der Waals surface area contributed by atoms with Crippen LogP contribution in [0.15, 0.2) is 18.3 Å². The summed E-state index contributed by atoms with van der Waals surface area (Å²) in [7, 11) is 1.90. The topological polar surface area (TPSA) is 56.3 Å². The molecule has 0 unspecified atom stereocenters. The van der Waals surface area contributed by atoms with Crippen molar-refractivity contribution in [2.75, 3.05) is 7.05 Å². The molecule has 0 bridgehead atoms. The Balaban J connectivity index is 1.70. The number of carbonyl (C=O) groups excluding carboxylic acids is 1. The maximum Gasteiger partial charge on any atom is 0.222 e. The highest BCUT2D eigenvalue weighted by Crippen LogP contribution is 2.22. The van der Waals surface area contributed by atoms with E-state index in [0.29, 0.717) is 12.5 Å². The predicted molar refractivity (Wildman–Crippen MR) is 74.8 cm³/mol. The molecular weight excluding hydrogens is 240 g/mol. The molecule has 1 heterocycles. The van der Waals surface area contributed by atoms with Crippen LogP contribution in [0.2, 0.25) is 0 Å². The van der Waals surface area contributed by atoms with E-state index < -0.39 is 0 Å². The first kappa shape index (κ1) is 14.1. The van der Waals surface area contributed by atoms with Gasteiger partial charge in [-0.25, -0.2) is 0 Å². The third kappa shape index (κ3) is 4.10. The van der Waals surface area contributed by atoms with Crippen molar-refractivity contribution >= 4 is 5.91 Å². The van der Waals surface area contributed by atoms with Gasteiger partial charge in [-0.2, -0.15) is 0 Å². The minimum atomic E-state index is -0.160. The third-order valence-electron chi connectivity index (χ3n) is 4.11. The number of hydrogen-bond donors (Lipinski definition) is 2. The van der Waals surface area contributed by atoms with Gasteiger partial charge in [-0.05, 0) is 50.7 Å². The third-order valence-corrected chi connectivity index (χ3v) is 4.11. The first-order valence-corrected chi connectivity index (χ1v) is 7.23. The standard InChI is InChI=1S/C15H24N2O2/c1-17(13-7-9-14(18)10-8-13)15(19)6-2-4-12-5-3-11-16-12/h3,5,11,13-14,16,18H,2,4,6-10H2,1H3. The van der Waals surface area contributed by atoms with Crippen molar-refractivity contribution in [2.45, 2.75) is 57.1 Å². The number of aryl methyl sites for hydroxylation is 1. The molecule has 2 N–H and O–H groups in total. The van der Waals surface area contributed by atoms with Gasteiger partial charge in [0.25, 0.3) is 0 Å². The van der Waals surface area contributed by atoms with Crippen LogP contribution in [0.3, 0.4) is 0 Å². The maximum atomic E-state index is 12.1. The van der Waals surface area contributed by atoms with Crippen LogP contribution in [0.1, 0.15) is 44.2 Å². The molecule has 0 saturated heterocycles. The van der Waals surface area contributed by atoms with Gasteiger partial charge in [-0.15, -0.1) is 0 Å². The number of rotatable bonds is 5. The molecule has 1 amide bonds. The monoisotopic (exact) mass is 264 g/mol. The van der Waals surface area contributed by atoms with Crippen LogP contribution in [0.25, 0.3) is 0 Å². The van der Waals surface area contributed by atoms with E-state index in [4.69, 9.17) is 0 Å². The molecule has 1 fully saturated rings. The van der Waals surface area contributed by atoms with Gasteiger partial charge in [0.2, 0.25) is 5.91 Å². The van der Waals surface area contributed by atoms with Crippen molar-refractivity contribution in [1.82, 2.24) is 9.88 Å². The molecule has 1 aliphatic carbocycles. The minimum absolute atomic E-state index is 0.160. The fourth-order valence-electron chi connectivity index (χ4n) is 2.78. The van der Waals surface area contributed by atoms with E-state index in [2.05, 4.69) is 11.1 Å². The van der Waals surface area contributed by atoms with Gasteiger partial charge in [-0.3, -0.25) is 4.79 Å². The lowest BCUT2D eigenvalue weighted by molar-refractivity contribution is -0.133. The zero-order valence-electron chi connectivity index (χ0n) is 11.6. The number of aromatic nitrogens is 1. The van der Waals surface area contributed by atoms with Crippen LogP contribution in [-0.2, 0) is 11.2 Å². The van der Waals surface area contributed by atoms with Crippen molar-refractivity contribution in [1.29, 1.82) is 0 Å². The molecule has 1 saturated carbocycles. The fraction of sp³-hybridized carbons (Fsp3) is 0.667. The molecule has 1 aromatic rings. The van der Waals surface area contributed by atoms with Crippen LogP contribution in [-0.4, -0.2) is 40.1 Å². The quantitative estimate of drug-likeness (QED) is 0.855. The molecule has 19 heavy (non-hydrogen) atoms. The smallest absolute Gasteiger partial charge is 0.222 e. The number of H-pyrrole nitrogens is 1. The Morgan fingerprint density at radius 1 is 1.42 bits per heavy atom. The van der Waals surface area contributed by atoms with E-state index in [1.165, 1.54) is 5.69 Å². The summed E-state index contributed by atoms with van der Waals surface area (Å²) in [5.74, 6) is 0.230. The normalized spacial score (nSPS) is 23.3. The maximum absolute atomic E-state index is 12.1. The molecule has 0 aliphatic heterocycles. The number of aliphatic hydroxyl groups excluding tert-OH is 1. The average Bonchev–Trinajstić information content (AvgIpc) is 2.92. The first-order chi connectivity index (χ1) is 9.16. The van der Waals surface area contributed by atoms with Crippen molar-refractivity contribution in [2.24, 2.45) is 0 Å². The number of nitrogens with zero attached hydrogens (tertiary/aromatic N) is 1. The van der Waals surface area contributed by atoms with Crippen molar-refractivity contribution in [3.05, 3.63) is 24.0 Å². The molecule has 0 spiro atoms. The molecule has 0 atom stereocenters. The van der Waals surface area contributed by atoms with E-state index in [0.717, 1.165) is 38.5 Å². The number of amides is 1. The molecule has 4 heteroatoms. The zero-order valence-corrected chi connectivity index (χ0v) is 11.6. The highest BCUT2D eigenvalue weighted by atomic mass is 16.3. The lowest BCUT2D eigenvalue weighted by atomic mass is 9.92. The van der Waals surface area contributed by atoms with Gasteiger partial charge in [0.1, 0.15) is 0 Å². The Morgan fingerprint density at radius 2 is 2.16 bits per heavy atom. The van der Waals surface area contributed by atoms with Gasteiger partial charge < -0.3 is 15.0 Å². The number of nitrogens with one attached hydrogen (secondary N) is 1. The number of hydrogen-bond acceptors (Lipinski definition) is 2. The van der Waals surface area contributed by atoms with Gasteiger partial charge in [-0.1, -0.05) is 0 Å². The van der Waals surface area contributed by atoms with Crippen LogP contribution in [0, 0.1) is 0 Å². The van der Waals surface area contributed by atoms with Gasteiger partial charge in [0.15, 0.2) is 0 Å². The molecule has 4 nitrogen and oxygen atoms in total. The second-order valence-corrected chi connectivity index (χ2v) is 5.52. The first-order valence-electron chi connectivity index (χ1n) is 7.23. The average molecular weight is 264 g/mol. The van der Waals surface area contributed by atoms with Gasteiger partial charge in [0, 0.05) is 31.4 Å². The summed E-state index contributed by atoms with van der Waals surface area (Å²) in [6, 6.07) is 4.36. The second-order valence-electron chi connectivity index (χ2n) is 5.52. The van der Waals surface area contributed by atoms with Crippen molar-refractivity contribution in [3.8, 4) is 0 Å². The molecule has 0 aromatic carbocycles. The highest BCUT2D eigenvalue weighted by Gasteiger charge is 2.25. The van der Waals surface area contributed by atoms with Crippen molar-refractivity contribution in [3.63, 3.8) is 0 Å². The Bertz CT molecular complexity index is 381. The Morgan fingerprint density at radius 3 is 2.79 bits per heavy atom. The van der Waals surface area contributed by atoms with Gasteiger partial charge >= 0.3 is 0 Å². The molecule has 1 aliphatic rings. The van der Waals surface area contributed by atoms with Gasteiger partial charge in [0.05, 0.1) is 6.10 Å². The number of aliphatic hydroxyl groups is 1. The largest absolute Gasteiger partial charge is 0.393 e. The molecule has 1 aromatic heterocycles. The Labute approximate surface area is 114 Å². The van der Waals surface area contributed by atoms with Crippen LogP contribution >= 0.6 is 0 Å². The van der Waals surface area contributed by atoms with E-state index >= 15 is 0 Å². The Kier molecular flexibility index (Phi) is 5.02. The number of aromatic amines is 1. The predicted octanol–water partition coefficient (Wildman–Crippen LogP) is 2.10. The van der Waals surface area contributed by atoms with E-state index in [9.17, 15) is 9.90 Å². The van der Waals surface area contributed by atoms with Crippen LogP contribution < -0.4 is 0 Å². The summed E-state index contributed by atoms with van der Waals surface area (Å²) in [6.07, 6.45) is 7.68. The summed E-state index contributed by atoms with van der Waals surface area (Å²) in [5.41, 5.74) is 1.19. The molecule has 0 radical (unpaired) electrons. The molecule has 106 valence electrons. The lowest BCUT2D eigenvalue weighted by Gasteiger charge is -2.33. The molecule has 2 rings (SSSR count). The van der Waals surface area contributed by atoms with Crippen LogP contribution in [0.5, 0.6) is 0 Å². The summed E-state index contributed by atoms with van der Waals surface area (Å²) >= 11 is 0. The summed E-state index contributed by atoms with van der Waals surface area (Å²) in [6.45, 7) is 0. The second kappa shape index (κ2) is 6.75. The van der Waals surface area contributed by atoms with Crippen molar-refractivity contribution < 1.29 is 9.90 Å². The minimum Gasteiger partial charge on any atom is -0.393 e. The summed E-state index contributed by atoms with van der Waals surface area (Å²) in [4.78, 5) is 17.2. The summed E-state index contributed by atoms with van der Waals surface area (Å²) in [5, 5.41) is 9.49. The van der Waals surface area contributed by atoms with E-state index in [-0.39, 0.29) is 12.0 Å². The summed E-state index contributed by atoms with van der Waals surface area (Å²) < 4.78 is 0. The lowest BCUT2D eigenvalue weighted by Crippen LogP contribution is -2.40. The molecular formula is C15H24N2O2. The van der Waals surface area contributed by atoms with Crippen LogP contribution in [0.4, 0.5) is 0 Å².